The fourth-order valence-corrected chi connectivity index (χ4v) is 4.02. The Morgan fingerprint density at radius 3 is 2.86 bits per heavy atom. The summed E-state index contributed by atoms with van der Waals surface area (Å²) in [7, 11) is -0.0968. The molecule has 0 amide bonds. The molecule has 112 valence electrons. The number of aromatic nitrogens is 1. The van der Waals surface area contributed by atoms with Crippen LogP contribution in [-0.4, -0.2) is 17.1 Å². The Balaban J connectivity index is 1.98. The molecule has 2 rings (SSSR count). The largest absolute Gasteiger partial charge is 0.227 e. The van der Waals surface area contributed by atoms with Gasteiger partial charge in [-0.25, -0.2) is 4.98 Å². The molecule has 0 fully saturated rings. The van der Waals surface area contributed by atoms with Crippen molar-refractivity contribution in [3.63, 3.8) is 0 Å². The molecule has 0 N–H and O–H groups in total. The Morgan fingerprint density at radius 1 is 1.24 bits per heavy atom. The van der Waals surface area contributed by atoms with Gasteiger partial charge in [0.25, 0.3) is 0 Å². The number of unbranched alkanes of at least 4 members (excludes halogenated alkanes) is 3. The van der Waals surface area contributed by atoms with Crippen molar-refractivity contribution in [3.8, 4) is 21.1 Å². The lowest BCUT2D eigenvalue weighted by molar-refractivity contribution is 0.667. The van der Waals surface area contributed by atoms with Crippen LogP contribution in [0.2, 0.25) is 0 Å². The molecule has 0 spiro atoms. The second kappa shape index (κ2) is 8.53. The molecule has 2 aromatic rings. The Kier molecular flexibility index (Phi) is 6.69. The Morgan fingerprint density at radius 2 is 2.10 bits per heavy atom. The van der Waals surface area contributed by atoms with Crippen LogP contribution in [0.15, 0.2) is 16.8 Å². The lowest BCUT2D eigenvalue weighted by Gasteiger charge is -1.96. The van der Waals surface area contributed by atoms with Crippen molar-refractivity contribution >= 4 is 39.0 Å². The van der Waals surface area contributed by atoms with E-state index in [0.29, 0.717) is 0 Å². The normalized spacial score (nSPS) is 11.9. The van der Waals surface area contributed by atoms with E-state index in [1.54, 1.807) is 22.7 Å². The third-order valence-corrected chi connectivity index (χ3v) is 5.48. The van der Waals surface area contributed by atoms with E-state index in [1.165, 1.54) is 42.5 Å². The molecule has 0 aliphatic rings. The van der Waals surface area contributed by atoms with Crippen LogP contribution in [0, 0.1) is 11.2 Å². The number of hydrogen-bond acceptors (Lipinski definition) is 3. The van der Waals surface area contributed by atoms with E-state index < -0.39 is 0 Å². The summed E-state index contributed by atoms with van der Waals surface area (Å²) in [5.74, 6) is 6.99. The minimum Gasteiger partial charge on any atom is -0.227 e. The number of thiophene rings is 1. The Bertz CT molecular complexity index is 655. The highest BCUT2D eigenvalue weighted by Gasteiger charge is 2.07. The summed E-state index contributed by atoms with van der Waals surface area (Å²) in [6.45, 7) is 2.25. The third kappa shape index (κ3) is 5.43. The molecule has 1 nitrogen and oxygen atoms in total. The fraction of sp³-hybridized carbons (Fsp3) is 0.412. The molecular weight excluding hydrogens is 314 g/mol. The van der Waals surface area contributed by atoms with Crippen molar-refractivity contribution < 1.29 is 0 Å². The molecule has 1 atom stereocenters. The lowest BCUT2D eigenvalue weighted by Crippen LogP contribution is -1.82. The van der Waals surface area contributed by atoms with Gasteiger partial charge in [-0.15, -0.1) is 33.2 Å². The van der Waals surface area contributed by atoms with Crippen molar-refractivity contribution in [3.05, 3.63) is 28.1 Å². The van der Waals surface area contributed by atoms with Crippen LogP contribution in [0.4, 0.5) is 0 Å². The first-order chi connectivity index (χ1) is 10.2. The summed E-state index contributed by atoms with van der Waals surface area (Å²) < 4.78 is 0. The van der Waals surface area contributed by atoms with Crippen molar-refractivity contribution in [2.45, 2.75) is 39.0 Å². The van der Waals surface area contributed by atoms with Gasteiger partial charge in [-0.1, -0.05) is 32.1 Å². The van der Waals surface area contributed by atoms with E-state index in [1.807, 2.05) is 11.6 Å². The van der Waals surface area contributed by atoms with Crippen LogP contribution in [-0.2, 0) is 6.42 Å². The van der Waals surface area contributed by atoms with E-state index in [4.69, 9.17) is 0 Å². The molecule has 21 heavy (non-hydrogen) atoms. The zero-order valence-electron chi connectivity index (χ0n) is 12.6. The highest BCUT2D eigenvalue weighted by Crippen LogP contribution is 2.30. The maximum Gasteiger partial charge on any atom is 0.134 e. The van der Waals surface area contributed by atoms with Gasteiger partial charge in [0.1, 0.15) is 10.7 Å². The van der Waals surface area contributed by atoms with E-state index >= 15 is 0 Å². The highest BCUT2D eigenvalue weighted by atomic mass is 32.2. The third-order valence-electron chi connectivity index (χ3n) is 3.04. The number of aryl methyl sites for hydroxylation is 1. The summed E-state index contributed by atoms with van der Waals surface area (Å²) in [6.07, 6.45) is 8.48. The van der Waals surface area contributed by atoms with Crippen LogP contribution in [0.25, 0.3) is 9.88 Å². The van der Waals surface area contributed by atoms with Crippen LogP contribution < -0.4 is 0 Å². The Labute approximate surface area is 138 Å². The van der Waals surface area contributed by atoms with Gasteiger partial charge in [-0.2, -0.15) is 0 Å². The second-order valence-electron chi connectivity index (χ2n) is 5.03. The maximum atomic E-state index is 4.61. The quantitative estimate of drug-likeness (QED) is 0.378. The molecule has 0 saturated carbocycles. The maximum absolute atomic E-state index is 4.61. The van der Waals surface area contributed by atoms with Crippen molar-refractivity contribution in [2.75, 3.05) is 6.26 Å². The summed E-state index contributed by atoms with van der Waals surface area (Å²) in [4.78, 5) is 5.87. The average Bonchev–Trinajstić information content (AvgIpc) is 3.10. The van der Waals surface area contributed by atoms with E-state index in [2.05, 4.69) is 40.4 Å². The van der Waals surface area contributed by atoms with Crippen molar-refractivity contribution in [2.24, 2.45) is 0 Å². The van der Waals surface area contributed by atoms with E-state index in [9.17, 15) is 0 Å². The first kappa shape index (κ1) is 16.5. The predicted molar refractivity (Wildman–Crippen MR) is 101 cm³/mol. The molecule has 0 saturated heterocycles. The smallest absolute Gasteiger partial charge is 0.134 e. The fourth-order valence-electron chi connectivity index (χ4n) is 1.96. The van der Waals surface area contributed by atoms with Gasteiger partial charge >= 0.3 is 0 Å². The summed E-state index contributed by atoms with van der Waals surface area (Å²) >= 11 is 3.47. The van der Waals surface area contributed by atoms with Gasteiger partial charge in [-0.05, 0) is 47.3 Å². The highest BCUT2D eigenvalue weighted by molar-refractivity contribution is 8.17. The molecule has 0 aromatic carbocycles. The monoisotopic (exact) mass is 335 g/mol. The molecule has 0 bridgehead atoms. The van der Waals surface area contributed by atoms with E-state index in [-0.39, 0.29) is 10.5 Å². The van der Waals surface area contributed by atoms with Crippen molar-refractivity contribution in [1.29, 1.82) is 0 Å². The number of rotatable bonds is 6. The average molecular weight is 336 g/mol. The summed E-state index contributed by atoms with van der Waals surface area (Å²) in [6, 6.07) is 2.29. The Hall–Kier alpha value is -0.890. The minimum atomic E-state index is -0.0968. The SMILES string of the molecule is C=[S@@](C)C#Cc1csc(-c2cc(CCCCCC)cs2)n1. The molecule has 0 aliphatic carbocycles. The minimum absolute atomic E-state index is 0.0968. The molecule has 4 heteroatoms. The molecule has 0 radical (unpaired) electrons. The van der Waals surface area contributed by atoms with Crippen molar-refractivity contribution in [1.82, 2.24) is 4.98 Å². The first-order valence-electron chi connectivity index (χ1n) is 7.19. The molecule has 2 aromatic heterocycles. The molecular formula is C17H21NS3. The number of nitrogens with zero attached hydrogens (tertiary/aromatic N) is 1. The van der Waals surface area contributed by atoms with Gasteiger partial charge in [0.15, 0.2) is 0 Å². The van der Waals surface area contributed by atoms with Crippen LogP contribution in [0.3, 0.4) is 0 Å². The van der Waals surface area contributed by atoms with Gasteiger partial charge < -0.3 is 0 Å². The predicted octanol–water partition coefficient (Wildman–Crippen LogP) is 5.63. The number of hydrogen-bond donors (Lipinski definition) is 0. The topological polar surface area (TPSA) is 12.9 Å². The summed E-state index contributed by atoms with van der Waals surface area (Å²) in [5.41, 5.74) is 2.32. The van der Waals surface area contributed by atoms with Gasteiger partial charge in [0.2, 0.25) is 0 Å². The van der Waals surface area contributed by atoms with Gasteiger partial charge in [-0.3, -0.25) is 0 Å². The van der Waals surface area contributed by atoms with E-state index in [0.717, 1.165) is 10.7 Å². The molecule has 2 heterocycles. The number of thiazole rings is 1. The van der Waals surface area contributed by atoms with Crippen LogP contribution in [0.5, 0.6) is 0 Å². The standard InChI is InChI=1S/C17H21NS3/c1-4-5-6-7-8-14-11-16(19-12-14)17-18-15(13-20-17)9-10-21(2)3/h11-13H,2,4-8H2,1,3H3/t21-/m0/s1. The lowest BCUT2D eigenvalue weighted by atomic mass is 10.1. The summed E-state index contributed by atoms with van der Waals surface area (Å²) in [5, 5.41) is 8.48. The molecule has 0 unspecified atom stereocenters. The second-order valence-corrected chi connectivity index (χ2v) is 8.28. The first-order valence-corrected chi connectivity index (χ1v) is 10.8. The van der Waals surface area contributed by atoms with Crippen LogP contribution in [0.1, 0.15) is 43.9 Å². The zero-order chi connectivity index (χ0) is 15.1. The molecule has 0 aliphatic heterocycles. The van der Waals surface area contributed by atoms with Gasteiger partial charge in [0, 0.05) is 5.38 Å². The van der Waals surface area contributed by atoms with Crippen LogP contribution >= 0.6 is 33.2 Å². The zero-order valence-corrected chi connectivity index (χ0v) is 15.1. The van der Waals surface area contributed by atoms with Gasteiger partial charge in [0.05, 0.1) is 4.88 Å².